The van der Waals surface area contributed by atoms with Crippen LogP contribution in [0.15, 0.2) is 24.3 Å². The molecule has 0 saturated carbocycles. The number of nitrogens with one attached hydrogen (secondary N) is 2. The van der Waals surface area contributed by atoms with Gasteiger partial charge in [-0.15, -0.1) is 0 Å². The first-order valence-corrected chi connectivity index (χ1v) is 7.28. The maximum Gasteiger partial charge on any atom is 0.251 e. The van der Waals surface area contributed by atoms with Gasteiger partial charge in [-0.2, -0.15) is 0 Å². The first kappa shape index (κ1) is 17.2. The second kappa shape index (κ2) is 8.42. The Kier molecular flexibility index (Phi) is 6.88. The van der Waals surface area contributed by atoms with Crippen LogP contribution in [-0.2, 0) is 4.79 Å². The van der Waals surface area contributed by atoms with E-state index in [4.69, 9.17) is 5.73 Å². The van der Waals surface area contributed by atoms with Crippen LogP contribution in [0.1, 0.15) is 36.2 Å². The minimum atomic E-state index is -0.488. The quantitative estimate of drug-likeness (QED) is 0.660. The summed E-state index contributed by atoms with van der Waals surface area (Å²) in [7, 11) is 0. The molecule has 5 heteroatoms. The van der Waals surface area contributed by atoms with Gasteiger partial charge < -0.3 is 16.4 Å². The van der Waals surface area contributed by atoms with Gasteiger partial charge in [0.1, 0.15) is 0 Å². The molecule has 4 N–H and O–H groups in total. The SMILES string of the molecule is Cc1ccc(C(=O)NCCNC(=O)C(N)CC(C)C)cc1. The van der Waals surface area contributed by atoms with Gasteiger partial charge in [0.15, 0.2) is 0 Å². The normalized spacial score (nSPS) is 12.0. The molecule has 0 aromatic heterocycles. The number of benzene rings is 1. The van der Waals surface area contributed by atoms with Crippen molar-refractivity contribution in [1.82, 2.24) is 10.6 Å². The van der Waals surface area contributed by atoms with Crippen molar-refractivity contribution in [3.05, 3.63) is 35.4 Å². The second-order valence-electron chi connectivity index (χ2n) is 5.65. The molecule has 0 saturated heterocycles. The molecule has 0 bridgehead atoms. The largest absolute Gasteiger partial charge is 0.353 e. The highest BCUT2D eigenvalue weighted by molar-refractivity contribution is 5.94. The molecule has 5 nitrogen and oxygen atoms in total. The highest BCUT2D eigenvalue weighted by Gasteiger charge is 2.14. The molecule has 1 rings (SSSR count). The summed E-state index contributed by atoms with van der Waals surface area (Å²) in [4.78, 5) is 23.5. The van der Waals surface area contributed by atoms with Crippen molar-refractivity contribution in [3.63, 3.8) is 0 Å². The molecule has 0 fully saturated rings. The molecular formula is C16H25N3O2. The fourth-order valence-electron chi connectivity index (χ4n) is 1.91. The van der Waals surface area contributed by atoms with Gasteiger partial charge in [-0.1, -0.05) is 31.5 Å². The Labute approximate surface area is 126 Å². The minimum Gasteiger partial charge on any atom is -0.353 e. The van der Waals surface area contributed by atoms with Crippen molar-refractivity contribution >= 4 is 11.8 Å². The van der Waals surface area contributed by atoms with Crippen LogP contribution in [0.2, 0.25) is 0 Å². The Hall–Kier alpha value is -1.88. The molecule has 1 unspecified atom stereocenters. The molecule has 0 aliphatic heterocycles. The molecule has 1 atom stereocenters. The summed E-state index contributed by atoms with van der Waals surface area (Å²) in [5.74, 6) is 0.0657. The Morgan fingerprint density at radius 3 is 2.24 bits per heavy atom. The monoisotopic (exact) mass is 291 g/mol. The number of rotatable bonds is 7. The molecule has 2 amide bonds. The van der Waals surface area contributed by atoms with Crippen molar-refractivity contribution in [3.8, 4) is 0 Å². The van der Waals surface area contributed by atoms with Crippen LogP contribution in [0.5, 0.6) is 0 Å². The zero-order valence-electron chi connectivity index (χ0n) is 13.0. The number of hydrogen-bond acceptors (Lipinski definition) is 3. The van der Waals surface area contributed by atoms with Crippen molar-refractivity contribution < 1.29 is 9.59 Å². The van der Waals surface area contributed by atoms with E-state index in [1.807, 2.05) is 32.9 Å². The molecule has 1 aromatic rings. The zero-order chi connectivity index (χ0) is 15.8. The smallest absolute Gasteiger partial charge is 0.251 e. The molecule has 0 spiro atoms. The van der Waals surface area contributed by atoms with Crippen LogP contribution in [0.4, 0.5) is 0 Å². The fourth-order valence-corrected chi connectivity index (χ4v) is 1.91. The lowest BCUT2D eigenvalue weighted by Gasteiger charge is -2.14. The van der Waals surface area contributed by atoms with E-state index in [1.165, 1.54) is 0 Å². The van der Waals surface area contributed by atoms with Crippen LogP contribution in [0.3, 0.4) is 0 Å². The first-order valence-electron chi connectivity index (χ1n) is 7.28. The summed E-state index contributed by atoms with van der Waals surface area (Å²) in [5.41, 5.74) is 7.49. The maximum atomic E-state index is 11.8. The first-order chi connectivity index (χ1) is 9.90. The maximum absolute atomic E-state index is 11.8. The van der Waals surface area contributed by atoms with E-state index in [-0.39, 0.29) is 11.8 Å². The van der Waals surface area contributed by atoms with E-state index in [0.29, 0.717) is 31.0 Å². The van der Waals surface area contributed by atoms with Crippen LogP contribution in [0.25, 0.3) is 0 Å². The Morgan fingerprint density at radius 2 is 1.67 bits per heavy atom. The van der Waals surface area contributed by atoms with Gasteiger partial charge in [0.05, 0.1) is 6.04 Å². The van der Waals surface area contributed by atoms with E-state index < -0.39 is 6.04 Å². The summed E-state index contributed by atoms with van der Waals surface area (Å²) in [6, 6.07) is 6.85. The molecule has 116 valence electrons. The molecule has 0 aliphatic carbocycles. The number of amides is 2. The average Bonchev–Trinajstić information content (AvgIpc) is 2.43. The molecule has 0 heterocycles. The third-order valence-corrected chi connectivity index (χ3v) is 3.09. The van der Waals surface area contributed by atoms with Crippen molar-refractivity contribution in [1.29, 1.82) is 0 Å². The van der Waals surface area contributed by atoms with Crippen LogP contribution in [-0.4, -0.2) is 30.9 Å². The third-order valence-electron chi connectivity index (χ3n) is 3.09. The summed E-state index contributed by atoms with van der Waals surface area (Å²) in [6.45, 7) is 6.77. The zero-order valence-corrected chi connectivity index (χ0v) is 13.0. The summed E-state index contributed by atoms with van der Waals surface area (Å²) in [6.07, 6.45) is 0.654. The van der Waals surface area contributed by atoms with Gasteiger partial charge in [0, 0.05) is 18.7 Å². The lowest BCUT2D eigenvalue weighted by molar-refractivity contribution is -0.122. The predicted octanol–water partition coefficient (Wildman–Crippen LogP) is 1.21. The van der Waals surface area contributed by atoms with Gasteiger partial charge in [0.25, 0.3) is 5.91 Å². The lowest BCUT2D eigenvalue weighted by atomic mass is 10.0. The Bertz CT molecular complexity index is 469. The van der Waals surface area contributed by atoms with Gasteiger partial charge in [-0.25, -0.2) is 0 Å². The summed E-state index contributed by atoms with van der Waals surface area (Å²) < 4.78 is 0. The average molecular weight is 291 g/mol. The number of hydrogen-bond donors (Lipinski definition) is 3. The summed E-state index contributed by atoms with van der Waals surface area (Å²) in [5, 5.41) is 5.48. The number of carbonyl (C=O) groups is 2. The van der Waals surface area contributed by atoms with E-state index in [2.05, 4.69) is 10.6 Å². The molecule has 0 aliphatic rings. The van der Waals surface area contributed by atoms with Gasteiger partial charge in [-0.3, -0.25) is 9.59 Å². The highest BCUT2D eigenvalue weighted by atomic mass is 16.2. The van der Waals surface area contributed by atoms with Gasteiger partial charge in [0.2, 0.25) is 5.91 Å². The minimum absolute atomic E-state index is 0.143. The van der Waals surface area contributed by atoms with Crippen LogP contribution in [0, 0.1) is 12.8 Å². The van der Waals surface area contributed by atoms with Crippen molar-refractivity contribution in [2.45, 2.75) is 33.2 Å². The van der Waals surface area contributed by atoms with E-state index >= 15 is 0 Å². The standard InChI is InChI=1S/C16H25N3O2/c1-11(2)10-14(17)16(21)19-9-8-18-15(20)13-6-4-12(3)5-7-13/h4-7,11,14H,8-10,17H2,1-3H3,(H,18,20)(H,19,21). The number of aryl methyl sites for hydroxylation is 1. The third kappa shape index (κ3) is 6.40. The predicted molar refractivity (Wildman–Crippen MR) is 84.0 cm³/mol. The number of nitrogens with two attached hydrogens (primary N) is 1. The fraction of sp³-hybridized carbons (Fsp3) is 0.500. The lowest BCUT2D eigenvalue weighted by Crippen LogP contribution is -2.44. The van der Waals surface area contributed by atoms with E-state index in [0.717, 1.165) is 5.56 Å². The number of carbonyl (C=O) groups excluding carboxylic acids is 2. The topological polar surface area (TPSA) is 84.2 Å². The molecular weight excluding hydrogens is 266 g/mol. The van der Waals surface area contributed by atoms with Crippen molar-refractivity contribution in [2.75, 3.05) is 13.1 Å². The van der Waals surface area contributed by atoms with Crippen molar-refractivity contribution in [2.24, 2.45) is 11.7 Å². The van der Waals surface area contributed by atoms with E-state index in [1.54, 1.807) is 12.1 Å². The summed E-state index contributed by atoms with van der Waals surface area (Å²) >= 11 is 0. The molecule has 21 heavy (non-hydrogen) atoms. The Morgan fingerprint density at radius 1 is 1.10 bits per heavy atom. The molecule has 0 radical (unpaired) electrons. The van der Waals surface area contributed by atoms with Crippen LogP contribution < -0.4 is 16.4 Å². The van der Waals surface area contributed by atoms with Gasteiger partial charge >= 0.3 is 0 Å². The Balaban J connectivity index is 2.26. The molecule has 1 aromatic carbocycles. The highest BCUT2D eigenvalue weighted by Crippen LogP contribution is 2.03. The van der Waals surface area contributed by atoms with Gasteiger partial charge in [-0.05, 0) is 31.4 Å². The van der Waals surface area contributed by atoms with Crippen LogP contribution >= 0.6 is 0 Å². The second-order valence-corrected chi connectivity index (χ2v) is 5.65. The van der Waals surface area contributed by atoms with E-state index in [9.17, 15) is 9.59 Å².